The van der Waals surface area contributed by atoms with E-state index in [1.807, 2.05) is 0 Å². The van der Waals surface area contributed by atoms with Gasteiger partial charge in [-0.2, -0.15) is 0 Å². The van der Waals surface area contributed by atoms with Gasteiger partial charge in [0.15, 0.2) is 5.43 Å². The molecule has 6 nitrogen and oxygen atoms in total. The van der Waals surface area contributed by atoms with Crippen LogP contribution in [0.5, 0.6) is 0 Å². The zero-order valence-corrected chi connectivity index (χ0v) is 9.58. The summed E-state index contributed by atoms with van der Waals surface area (Å²) in [6.07, 6.45) is 1.09. The molecule has 2 heterocycles. The number of aromatic amines is 1. The number of aromatic nitrogens is 2. The number of carbonyl (C=O) groups is 1. The Morgan fingerprint density at radius 3 is 2.68 bits per heavy atom. The molecule has 6 heteroatoms. The largest absolute Gasteiger partial charge is 0.477 e. The van der Waals surface area contributed by atoms with Crippen molar-refractivity contribution in [3.63, 3.8) is 0 Å². The van der Waals surface area contributed by atoms with Gasteiger partial charge < -0.3 is 10.1 Å². The maximum absolute atomic E-state index is 12.2. The number of hydrogen-bond donors (Lipinski definition) is 2. The normalized spacial score (nSPS) is 10.9. The van der Waals surface area contributed by atoms with Crippen molar-refractivity contribution in [2.45, 2.75) is 0 Å². The molecule has 1 aromatic carbocycles. The highest BCUT2D eigenvalue weighted by atomic mass is 16.4. The van der Waals surface area contributed by atoms with Crippen LogP contribution in [0.1, 0.15) is 10.4 Å². The molecular formula is C13H8N2O4. The highest BCUT2D eigenvalue weighted by molar-refractivity contribution is 5.88. The lowest BCUT2D eigenvalue weighted by molar-refractivity contribution is 0.0694. The van der Waals surface area contributed by atoms with Crippen molar-refractivity contribution < 1.29 is 9.90 Å². The Kier molecular flexibility index (Phi) is 2.25. The third-order valence-electron chi connectivity index (χ3n) is 2.95. The summed E-state index contributed by atoms with van der Waals surface area (Å²) >= 11 is 0. The second kappa shape index (κ2) is 3.81. The average Bonchev–Trinajstić information content (AvgIpc) is 2.38. The van der Waals surface area contributed by atoms with Gasteiger partial charge in [-0.05, 0) is 12.1 Å². The first-order valence-corrected chi connectivity index (χ1v) is 5.49. The van der Waals surface area contributed by atoms with Gasteiger partial charge in [0.25, 0.3) is 5.56 Å². The van der Waals surface area contributed by atoms with Crippen LogP contribution < -0.4 is 11.0 Å². The smallest absolute Gasteiger partial charge is 0.342 e. The van der Waals surface area contributed by atoms with E-state index in [-0.39, 0.29) is 16.6 Å². The van der Waals surface area contributed by atoms with Crippen LogP contribution in [0.15, 0.2) is 46.1 Å². The molecule has 0 amide bonds. The molecule has 0 saturated heterocycles. The Morgan fingerprint density at radius 1 is 1.21 bits per heavy atom. The number of nitrogens with zero attached hydrogens (tertiary/aromatic N) is 1. The molecule has 0 atom stereocenters. The van der Waals surface area contributed by atoms with E-state index < -0.39 is 11.5 Å². The van der Waals surface area contributed by atoms with Crippen LogP contribution in [-0.2, 0) is 0 Å². The first-order valence-electron chi connectivity index (χ1n) is 5.49. The second-order valence-electron chi connectivity index (χ2n) is 4.06. The van der Waals surface area contributed by atoms with E-state index in [0.29, 0.717) is 10.9 Å². The van der Waals surface area contributed by atoms with Crippen LogP contribution >= 0.6 is 0 Å². The number of pyridine rings is 1. The van der Waals surface area contributed by atoms with Crippen molar-refractivity contribution in [1.29, 1.82) is 0 Å². The lowest BCUT2D eigenvalue weighted by Gasteiger charge is -2.06. The topological polar surface area (TPSA) is 91.6 Å². The average molecular weight is 256 g/mol. The number of rotatable bonds is 1. The van der Waals surface area contributed by atoms with E-state index >= 15 is 0 Å². The van der Waals surface area contributed by atoms with Gasteiger partial charge in [0.05, 0.1) is 5.52 Å². The van der Waals surface area contributed by atoms with Gasteiger partial charge in [-0.15, -0.1) is 0 Å². The molecule has 94 valence electrons. The molecule has 0 spiro atoms. The van der Waals surface area contributed by atoms with Crippen LogP contribution in [0, 0.1) is 0 Å². The molecule has 0 radical (unpaired) electrons. The zero-order valence-electron chi connectivity index (χ0n) is 9.58. The minimum Gasteiger partial charge on any atom is -0.477 e. The monoisotopic (exact) mass is 256 g/mol. The zero-order chi connectivity index (χ0) is 13.6. The fourth-order valence-electron chi connectivity index (χ4n) is 2.08. The van der Waals surface area contributed by atoms with Crippen LogP contribution in [0.3, 0.4) is 0 Å². The number of benzene rings is 1. The third-order valence-corrected chi connectivity index (χ3v) is 2.95. The summed E-state index contributed by atoms with van der Waals surface area (Å²) in [7, 11) is 0. The summed E-state index contributed by atoms with van der Waals surface area (Å²) in [5, 5.41) is 9.33. The summed E-state index contributed by atoms with van der Waals surface area (Å²) < 4.78 is 1.19. The summed E-state index contributed by atoms with van der Waals surface area (Å²) in [6, 6.07) is 7.84. The predicted molar refractivity (Wildman–Crippen MR) is 68.8 cm³/mol. The predicted octanol–water partition coefficient (Wildman–Crippen LogP) is 0.839. The van der Waals surface area contributed by atoms with Gasteiger partial charge in [-0.25, -0.2) is 4.79 Å². The molecule has 0 aliphatic rings. The number of carboxylic acids is 1. The van der Waals surface area contributed by atoms with Gasteiger partial charge in [0.2, 0.25) is 0 Å². The van der Waals surface area contributed by atoms with E-state index in [0.717, 1.165) is 6.20 Å². The number of hydrogen-bond acceptors (Lipinski definition) is 3. The van der Waals surface area contributed by atoms with Gasteiger partial charge in [0.1, 0.15) is 11.2 Å². The number of fused-ring (bicyclic) bond motifs is 3. The Bertz CT molecular complexity index is 937. The Morgan fingerprint density at radius 2 is 1.95 bits per heavy atom. The summed E-state index contributed by atoms with van der Waals surface area (Å²) in [6.45, 7) is 0. The number of carboxylic acid groups (broad SMARTS) is 1. The quantitative estimate of drug-likeness (QED) is 0.631. The van der Waals surface area contributed by atoms with Crippen molar-refractivity contribution in [3.05, 3.63) is 62.7 Å². The van der Waals surface area contributed by atoms with E-state index in [2.05, 4.69) is 4.98 Å². The van der Waals surface area contributed by atoms with E-state index in [1.165, 1.54) is 10.5 Å². The Labute approximate surface area is 105 Å². The van der Waals surface area contributed by atoms with E-state index in [1.54, 1.807) is 24.3 Å². The summed E-state index contributed by atoms with van der Waals surface area (Å²) in [5.41, 5.74) is -0.624. The standard InChI is InChI=1S/C13H8N2O4/c16-10-5-11-14-6-8(13(18)19)12(17)15(11)9-4-2-1-3-7(9)10/h1-6,14H,(H,18,19). The molecule has 0 fully saturated rings. The molecule has 0 aliphatic heterocycles. The summed E-state index contributed by atoms with van der Waals surface area (Å²) in [5.74, 6) is -1.31. The highest BCUT2D eigenvalue weighted by Crippen LogP contribution is 2.10. The van der Waals surface area contributed by atoms with Crippen molar-refractivity contribution in [1.82, 2.24) is 9.38 Å². The van der Waals surface area contributed by atoms with E-state index in [4.69, 9.17) is 5.11 Å². The molecule has 0 aliphatic carbocycles. The number of H-pyrrole nitrogens is 1. The lowest BCUT2D eigenvalue weighted by Crippen LogP contribution is -2.24. The molecular weight excluding hydrogens is 248 g/mol. The Balaban J connectivity index is 2.66. The molecule has 0 bridgehead atoms. The van der Waals surface area contributed by atoms with Crippen molar-refractivity contribution in [2.24, 2.45) is 0 Å². The molecule has 0 unspecified atom stereocenters. The van der Waals surface area contributed by atoms with Gasteiger partial charge in [-0.1, -0.05) is 12.1 Å². The first-order chi connectivity index (χ1) is 9.09. The molecule has 19 heavy (non-hydrogen) atoms. The number of para-hydroxylation sites is 1. The van der Waals surface area contributed by atoms with Crippen molar-refractivity contribution in [3.8, 4) is 0 Å². The van der Waals surface area contributed by atoms with Gasteiger partial charge in [0, 0.05) is 17.6 Å². The van der Waals surface area contributed by atoms with Crippen LogP contribution in [0.25, 0.3) is 16.6 Å². The maximum Gasteiger partial charge on any atom is 0.342 e. The van der Waals surface area contributed by atoms with Crippen molar-refractivity contribution in [2.75, 3.05) is 0 Å². The molecule has 0 saturated carbocycles. The molecule has 2 aromatic heterocycles. The number of aromatic carboxylic acids is 1. The van der Waals surface area contributed by atoms with Crippen LogP contribution in [-0.4, -0.2) is 20.5 Å². The highest BCUT2D eigenvalue weighted by Gasteiger charge is 2.13. The fraction of sp³-hybridized carbons (Fsp3) is 0. The second-order valence-corrected chi connectivity index (χ2v) is 4.06. The van der Waals surface area contributed by atoms with Crippen LogP contribution in [0.2, 0.25) is 0 Å². The SMILES string of the molecule is O=C(O)c1c[nH]c2cc(=O)c3ccccc3n2c1=O. The fourth-order valence-corrected chi connectivity index (χ4v) is 2.08. The molecule has 2 N–H and O–H groups in total. The van der Waals surface area contributed by atoms with Crippen LogP contribution in [0.4, 0.5) is 0 Å². The van der Waals surface area contributed by atoms with Crippen molar-refractivity contribution >= 4 is 22.5 Å². The first kappa shape index (κ1) is 11.2. The molecule has 3 rings (SSSR count). The van der Waals surface area contributed by atoms with E-state index in [9.17, 15) is 14.4 Å². The minimum atomic E-state index is -1.31. The maximum atomic E-state index is 12.2. The third kappa shape index (κ3) is 1.54. The van der Waals surface area contributed by atoms with Gasteiger partial charge in [-0.3, -0.25) is 14.0 Å². The number of nitrogens with one attached hydrogen (secondary N) is 1. The minimum absolute atomic E-state index is 0.227. The Hall–Kier alpha value is -2.89. The molecule has 3 aromatic rings. The summed E-state index contributed by atoms with van der Waals surface area (Å²) in [4.78, 5) is 37.7. The lowest BCUT2D eigenvalue weighted by atomic mass is 10.2. The van der Waals surface area contributed by atoms with Gasteiger partial charge >= 0.3 is 5.97 Å².